The fraction of sp³-hybridized carbons (Fsp3) is 0.385. The Morgan fingerprint density at radius 3 is 2.53 bits per heavy atom. The Balaban J connectivity index is 2.58. The van der Waals surface area contributed by atoms with E-state index in [-0.39, 0.29) is 0 Å². The SMILES string of the molecule is COc1c(-c2nnc(C)s2)cccc1C(C)C. The number of nitrogens with zero attached hydrogens (tertiary/aromatic N) is 2. The highest BCUT2D eigenvalue weighted by Crippen LogP contribution is 2.37. The Morgan fingerprint density at radius 1 is 1.24 bits per heavy atom. The van der Waals surface area contributed by atoms with Crippen LogP contribution >= 0.6 is 11.3 Å². The Kier molecular flexibility index (Phi) is 3.43. The highest BCUT2D eigenvalue weighted by atomic mass is 32.1. The van der Waals surface area contributed by atoms with E-state index in [9.17, 15) is 0 Å². The van der Waals surface area contributed by atoms with E-state index in [0.29, 0.717) is 5.92 Å². The van der Waals surface area contributed by atoms with E-state index < -0.39 is 0 Å². The zero-order chi connectivity index (χ0) is 12.4. The second kappa shape index (κ2) is 4.84. The molecule has 17 heavy (non-hydrogen) atoms. The average molecular weight is 248 g/mol. The van der Waals surface area contributed by atoms with Gasteiger partial charge in [0.1, 0.15) is 10.8 Å². The number of aromatic nitrogens is 2. The standard InChI is InChI=1S/C13H16N2OS/c1-8(2)10-6-5-7-11(12(10)16-4)13-15-14-9(3)17-13/h5-8H,1-4H3. The molecule has 0 spiro atoms. The van der Waals surface area contributed by atoms with Crippen molar-refractivity contribution in [2.24, 2.45) is 0 Å². The van der Waals surface area contributed by atoms with Gasteiger partial charge in [0.2, 0.25) is 0 Å². The molecule has 1 aromatic carbocycles. The lowest BCUT2D eigenvalue weighted by molar-refractivity contribution is 0.409. The largest absolute Gasteiger partial charge is 0.496 e. The van der Waals surface area contributed by atoms with E-state index >= 15 is 0 Å². The van der Waals surface area contributed by atoms with E-state index in [4.69, 9.17) is 4.74 Å². The molecule has 3 nitrogen and oxygen atoms in total. The van der Waals surface area contributed by atoms with E-state index in [1.165, 1.54) is 5.56 Å². The first-order valence-corrected chi connectivity index (χ1v) is 6.42. The third-order valence-corrected chi connectivity index (χ3v) is 3.50. The first-order chi connectivity index (χ1) is 8.13. The zero-order valence-corrected chi connectivity index (χ0v) is 11.3. The van der Waals surface area contributed by atoms with Crippen molar-refractivity contribution in [1.29, 1.82) is 0 Å². The first kappa shape index (κ1) is 12.0. The normalized spacial score (nSPS) is 10.9. The molecule has 0 atom stereocenters. The van der Waals surface area contributed by atoms with E-state index in [2.05, 4.69) is 30.1 Å². The highest BCUT2D eigenvalue weighted by Gasteiger charge is 2.15. The van der Waals surface area contributed by atoms with Crippen molar-refractivity contribution in [2.45, 2.75) is 26.7 Å². The summed E-state index contributed by atoms with van der Waals surface area (Å²) in [6, 6.07) is 6.18. The van der Waals surface area contributed by atoms with E-state index in [0.717, 1.165) is 21.3 Å². The van der Waals surface area contributed by atoms with Gasteiger partial charge in [-0.25, -0.2) is 0 Å². The molecule has 0 saturated heterocycles. The molecule has 2 rings (SSSR count). The van der Waals surface area contributed by atoms with Crippen LogP contribution < -0.4 is 4.74 Å². The van der Waals surface area contributed by atoms with Gasteiger partial charge >= 0.3 is 0 Å². The minimum atomic E-state index is 0.430. The van der Waals surface area contributed by atoms with Gasteiger partial charge in [0.25, 0.3) is 0 Å². The van der Waals surface area contributed by atoms with Gasteiger partial charge in [0, 0.05) is 0 Å². The molecule has 0 aliphatic carbocycles. The Hall–Kier alpha value is -1.42. The van der Waals surface area contributed by atoms with E-state index in [1.807, 2.05) is 19.1 Å². The number of para-hydroxylation sites is 1. The lowest BCUT2D eigenvalue weighted by Crippen LogP contribution is -1.96. The molecule has 0 bridgehead atoms. The van der Waals surface area contributed by atoms with Gasteiger partial charge in [-0.05, 0) is 24.5 Å². The summed E-state index contributed by atoms with van der Waals surface area (Å²) in [6.45, 7) is 6.28. The van der Waals surface area contributed by atoms with Gasteiger partial charge < -0.3 is 4.74 Å². The molecule has 2 aromatic rings. The summed E-state index contributed by atoms with van der Waals surface area (Å²) in [7, 11) is 1.71. The minimum absolute atomic E-state index is 0.430. The van der Waals surface area contributed by atoms with Crippen LogP contribution in [0.5, 0.6) is 5.75 Å². The molecule has 1 aromatic heterocycles. The molecule has 0 N–H and O–H groups in total. The Morgan fingerprint density at radius 2 is 2.00 bits per heavy atom. The second-order valence-corrected chi connectivity index (χ2v) is 5.39. The monoisotopic (exact) mass is 248 g/mol. The summed E-state index contributed by atoms with van der Waals surface area (Å²) in [4.78, 5) is 0. The fourth-order valence-electron chi connectivity index (χ4n) is 1.81. The topological polar surface area (TPSA) is 35.0 Å². The molecule has 0 saturated carbocycles. The van der Waals surface area contributed by atoms with Crippen LogP contribution in [-0.4, -0.2) is 17.3 Å². The van der Waals surface area contributed by atoms with Gasteiger partial charge in [-0.3, -0.25) is 0 Å². The maximum absolute atomic E-state index is 5.54. The van der Waals surface area contributed by atoms with Crippen LogP contribution in [0, 0.1) is 6.92 Å². The maximum atomic E-state index is 5.54. The van der Waals surface area contributed by atoms with Crippen LogP contribution in [0.4, 0.5) is 0 Å². The van der Waals surface area contributed by atoms with Crippen LogP contribution in [0.2, 0.25) is 0 Å². The van der Waals surface area contributed by atoms with Crippen LogP contribution in [0.15, 0.2) is 18.2 Å². The second-order valence-electron chi connectivity index (χ2n) is 4.21. The predicted molar refractivity (Wildman–Crippen MR) is 70.7 cm³/mol. The van der Waals surface area contributed by atoms with Crippen LogP contribution in [-0.2, 0) is 0 Å². The zero-order valence-electron chi connectivity index (χ0n) is 10.5. The number of benzene rings is 1. The first-order valence-electron chi connectivity index (χ1n) is 5.61. The van der Waals surface area contributed by atoms with Gasteiger partial charge in [0.05, 0.1) is 12.7 Å². The van der Waals surface area contributed by atoms with Crippen molar-refractivity contribution in [2.75, 3.05) is 7.11 Å². The predicted octanol–water partition coefficient (Wildman–Crippen LogP) is 3.65. The molecule has 0 fully saturated rings. The van der Waals surface area contributed by atoms with Crippen molar-refractivity contribution in [3.8, 4) is 16.3 Å². The number of ether oxygens (including phenoxy) is 1. The summed E-state index contributed by atoms with van der Waals surface area (Å²) in [6.07, 6.45) is 0. The quantitative estimate of drug-likeness (QED) is 0.831. The fourth-order valence-corrected chi connectivity index (χ4v) is 2.52. The van der Waals surface area contributed by atoms with Gasteiger partial charge in [-0.15, -0.1) is 10.2 Å². The molecule has 0 aliphatic rings. The van der Waals surface area contributed by atoms with Crippen molar-refractivity contribution < 1.29 is 4.74 Å². The third-order valence-electron chi connectivity index (χ3n) is 2.63. The lowest BCUT2D eigenvalue weighted by atomic mass is 9.99. The molecule has 4 heteroatoms. The molecule has 1 heterocycles. The molecule has 0 aliphatic heterocycles. The smallest absolute Gasteiger partial charge is 0.151 e. The Bertz CT molecular complexity index is 520. The summed E-state index contributed by atoms with van der Waals surface area (Å²) in [5.74, 6) is 1.34. The number of aryl methyl sites for hydroxylation is 1. The number of hydrogen-bond acceptors (Lipinski definition) is 4. The van der Waals surface area contributed by atoms with Crippen LogP contribution in [0.3, 0.4) is 0 Å². The molecule has 0 amide bonds. The molecular weight excluding hydrogens is 232 g/mol. The molecule has 90 valence electrons. The number of hydrogen-bond donors (Lipinski definition) is 0. The van der Waals surface area contributed by atoms with Crippen LogP contribution in [0.1, 0.15) is 30.3 Å². The molecular formula is C13H16N2OS. The Labute approximate surface area is 105 Å². The van der Waals surface area contributed by atoms with Crippen molar-refractivity contribution in [3.63, 3.8) is 0 Å². The van der Waals surface area contributed by atoms with Crippen LogP contribution in [0.25, 0.3) is 10.6 Å². The van der Waals surface area contributed by atoms with Crippen molar-refractivity contribution >= 4 is 11.3 Å². The van der Waals surface area contributed by atoms with Gasteiger partial charge in [0.15, 0.2) is 5.01 Å². The highest BCUT2D eigenvalue weighted by molar-refractivity contribution is 7.14. The minimum Gasteiger partial charge on any atom is -0.496 e. The number of methoxy groups -OCH3 is 1. The third kappa shape index (κ3) is 2.31. The summed E-state index contributed by atoms with van der Waals surface area (Å²) < 4.78 is 5.54. The maximum Gasteiger partial charge on any atom is 0.151 e. The number of rotatable bonds is 3. The van der Waals surface area contributed by atoms with Crippen molar-refractivity contribution in [3.05, 3.63) is 28.8 Å². The summed E-state index contributed by atoms with van der Waals surface area (Å²) >= 11 is 1.59. The molecule has 0 radical (unpaired) electrons. The lowest BCUT2D eigenvalue weighted by Gasteiger charge is -2.14. The van der Waals surface area contributed by atoms with Gasteiger partial charge in [-0.1, -0.05) is 37.3 Å². The average Bonchev–Trinajstić information content (AvgIpc) is 2.74. The summed E-state index contributed by atoms with van der Waals surface area (Å²) in [5.41, 5.74) is 2.24. The summed E-state index contributed by atoms with van der Waals surface area (Å²) in [5, 5.41) is 10.1. The molecule has 0 unspecified atom stereocenters. The van der Waals surface area contributed by atoms with Gasteiger partial charge in [-0.2, -0.15) is 0 Å². The van der Waals surface area contributed by atoms with E-state index in [1.54, 1.807) is 18.4 Å². The van der Waals surface area contributed by atoms with Crippen molar-refractivity contribution in [1.82, 2.24) is 10.2 Å².